The van der Waals surface area contributed by atoms with Gasteiger partial charge in [0.05, 0.1) is 6.61 Å². The Morgan fingerprint density at radius 3 is 2.00 bits per heavy atom. The fraction of sp³-hybridized carbons (Fsp3) is 0.200. The van der Waals surface area contributed by atoms with Crippen LogP contribution in [-0.4, -0.2) is 41.0 Å². The van der Waals surface area contributed by atoms with Crippen molar-refractivity contribution in [3.05, 3.63) is 0 Å². The molecule has 0 heterocycles. The molecule has 0 radical (unpaired) electrons. The summed E-state index contributed by atoms with van der Waals surface area (Å²) in [5.41, 5.74) is 0. The fourth-order valence-electron chi connectivity index (χ4n) is 1.10. The van der Waals surface area contributed by atoms with E-state index >= 15 is 0 Å². The average Bonchev–Trinajstić information content (AvgIpc) is 2.66. The Kier molecular flexibility index (Phi) is 13.0. The third-order valence-electron chi connectivity index (χ3n) is 2.07. The summed E-state index contributed by atoms with van der Waals surface area (Å²) in [6, 6.07) is 0. The van der Waals surface area contributed by atoms with Crippen LogP contribution in [0.4, 0.5) is 0 Å². The van der Waals surface area contributed by atoms with Crippen molar-refractivity contribution < 1.29 is 37.9 Å². The van der Waals surface area contributed by atoms with E-state index in [4.69, 9.17) is 25.7 Å². The summed E-state index contributed by atoms with van der Waals surface area (Å²) in [7, 11) is -4.85. The number of hydrogen-bond acceptors (Lipinski definition) is 6. The normalized spacial score (nSPS) is 8.90. The minimum Gasteiger partial charge on any atom is -0.452 e. The van der Waals surface area contributed by atoms with Crippen molar-refractivity contribution in [2.24, 2.45) is 0 Å². The van der Waals surface area contributed by atoms with E-state index in [1.807, 2.05) is 23.7 Å². The van der Waals surface area contributed by atoms with Crippen LogP contribution in [0, 0.1) is 83.4 Å². The van der Waals surface area contributed by atoms with E-state index in [0.717, 1.165) is 0 Å². The second-order valence-corrected chi connectivity index (χ2v) is 5.42. The summed E-state index contributed by atoms with van der Waals surface area (Å²) in [5, 5.41) is 0. The topological polar surface area (TPSA) is 119 Å². The Morgan fingerprint density at radius 2 is 1.45 bits per heavy atom. The van der Waals surface area contributed by atoms with E-state index in [9.17, 15) is 14.2 Å². The van der Waals surface area contributed by atoms with Gasteiger partial charge < -0.3 is 19.3 Å². The van der Waals surface area contributed by atoms with Crippen molar-refractivity contribution in [1.82, 2.24) is 0 Å². The van der Waals surface area contributed by atoms with E-state index in [1.54, 1.807) is 6.92 Å². The van der Waals surface area contributed by atoms with Crippen LogP contribution in [0.25, 0.3) is 0 Å². The van der Waals surface area contributed by atoms with Crippen molar-refractivity contribution in [3.8, 4) is 83.4 Å². The second kappa shape index (κ2) is 15.1. The number of phosphoric acid groups is 1. The lowest BCUT2D eigenvalue weighted by molar-refractivity contribution is -0.153. The molecular formula is C20H11O8P. The quantitative estimate of drug-likeness (QED) is 0.254. The molecule has 29 heavy (non-hydrogen) atoms. The van der Waals surface area contributed by atoms with Gasteiger partial charge in [-0.1, -0.05) is 5.92 Å². The monoisotopic (exact) mass is 410 g/mol. The zero-order chi connectivity index (χ0) is 22.0. The summed E-state index contributed by atoms with van der Waals surface area (Å²) in [5.74, 6) is 27.0. The zero-order valence-corrected chi connectivity index (χ0v) is 15.8. The molecule has 0 aliphatic rings. The van der Waals surface area contributed by atoms with E-state index in [0.29, 0.717) is 0 Å². The molecule has 0 amide bonds. The van der Waals surface area contributed by atoms with Gasteiger partial charge in [0.2, 0.25) is 0 Å². The molecule has 2 N–H and O–H groups in total. The number of hydrogen-bond donors (Lipinski definition) is 2. The molecule has 8 nitrogen and oxygen atoms in total. The van der Waals surface area contributed by atoms with Gasteiger partial charge in [0.15, 0.2) is 6.10 Å². The zero-order valence-electron chi connectivity index (χ0n) is 14.9. The van der Waals surface area contributed by atoms with Crippen LogP contribution in [0.5, 0.6) is 0 Å². The first-order valence-corrected chi connectivity index (χ1v) is 8.78. The van der Waals surface area contributed by atoms with Gasteiger partial charge in [-0.2, -0.15) is 0 Å². The standard InChI is InChI=1S/C20H11O8P/c1-3-5-7-8-9-10-11-12-13-15-19(21)26-16-18(17-27-29(23,24)25)28-20(22)14-6-4-2/h2,18H,16-17H2,1H3,(H2,23,24,25)/t18-/m0/s1. The van der Waals surface area contributed by atoms with E-state index in [-0.39, 0.29) is 0 Å². The molecular weight excluding hydrogens is 399 g/mol. The maximum absolute atomic E-state index is 11.5. The van der Waals surface area contributed by atoms with Crippen LogP contribution in [0.15, 0.2) is 0 Å². The molecule has 9 heteroatoms. The Bertz CT molecular complexity index is 1080. The lowest BCUT2D eigenvalue weighted by atomic mass is 10.4. The Morgan fingerprint density at radius 1 is 0.897 bits per heavy atom. The van der Waals surface area contributed by atoms with E-state index < -0.39 is 39.1 Å². The average molecular weight is 410 g/mol. The number of rotatable bonds is 6. The molecule has 0 aromatic carbocycles. The van der Waals surface area contributed by atoms with Crippen molar-refractivity contribution in [1.29, 1.82) is 0 Å². The summed E-state index contributed by atoms with van der Waals surface area (Å²) in [6.45, 7) is 0.243. The molecule has 0 fully saturated rings. The first-order chi connectivity index (χ1) is 13.8. The van der Waals surface area contributed by atoms with Gasteiger partial charge in [-0.3, -0.25) is 4.52 Å². The van der Waals surface area contributed by atoms with Crippen LogP contribution < -0.4 is 0 Å². The fourth-order valence-corrected chi connectivity index (χ4v) is 1.46. The SMILES string of the molecule is C#CC#CC(=O)O[C@@H](COC(=O)C#CC#CC#CC#CC#CC)COP(=O)(O)O. The van der Waals surface area contributed by atoms with Crippen LogP contribution in [0.1, 0.15) is 6.92 Å². The van der Waals surface area contributed by atoms with Crippen molar-refractivity contribution in [2.45, 2.75) is 13.0 Å². The lowest BCUT2D eigenvalue weighted by Crippen LogP contribution is -2.28. The summed E-state index contributed by atoms with van der Waals surface area (Å²) in [6.07, 6.45) is 3.48. The largest absolute Gasteiger partial charge is 0.469 e. The first kappa shape index (κ1) is 25.0. The summed E-state index contributed by atoms with van der Waals surface area (Å²) >= 11 is 0. The molecule has 0 aliphatic carbocycles. The van der Waals surface area contributed by atoms with Crippen LogP contribution in [0.3, 0.4) is 0 Å². The molecule has 0 aromatic rings. The van der Waals surface area contributed by atoms with Gasteiger partial charge in [-0.15, -0.1) is 6.42 Å². The minimum absolute atomic E-state index is 0.613. The molecule has 0 rings (SSSR count). The maximum Gasteiger partial charge on any atom is 0.469 e. The number of carbonyl (C=O) groups is 2. The van der Waals surface area contributed by atoms with Crippen molar-refractivity contribution >= 4 is 19.8 Å². The third kappa shape index (κ3) is 17.2. The van der Waals surface area contributed by atoms with Crippen LogP contribution in [0.2, 0.25) is 0 Å². The molecule has 0 saturated heterocycles. The highest BCUT2D eigenvalue weighted by Gasteiger charge is 2.22. The molecule has 1 atom stereocenters. The molecule has 0 saturated carbocycles. The van der Waals surface area contributed by atoms with Crippen molar-refractivity contribution in [2.75, 3.05) is 13.2 Å². The summed E-state index contributed by atoms with van der Waals surface area (Å²) < 4.78 is 24.4. The van der Waals surface area contributed by atoms with Gasteiger partial charge >= 0.3 is 19.8 Å². The highest BCUT2D eigenvalue weighted by molar-refractivity contribution is 7.46. The Labute approximate surface area is 167 Å². The first-order valence-electron chi connectivity index (χ1n) is 7.25. The minimum atomic E-state index is -4.85. The van der Waals surface area contributed by atoms with Gasteiger partial charge in [-0.25, -0.2) is 14.2 Å². The third-order valence-corrected chi connectivity index (χ3v) is 2.55. The Balaban J connectivity index is 4.78. The highest BCUT2D eigenvalue weighted by Crippen LogP contribution is 2.35. The van der Waals surface area contributed by atoms with E-state index in [2.05, 4.69) is 57.8 Å². The number of esters is 2. The van der Waals surface area contributed by atoms with Crippen LogP contribution in [-0.2, 0) is 28.2 Å². The molecule has 0 unspecified atom stereocenters. The van der Waals surface area contributed by atoms with Gasteiger partial charge in [0, 0.05) is 11.8 Å². The second-order valence-electron chi connectivity index (χ2n) is 4.18. The predicted molar refractivity (Wildman–Crippen MR) is 100.0 cm³/mol. The van der Waals surface area contributed by atoms with Gasteiger partial charge in [-0.05, 0) is 66.1 Å². The number of phosphoric ester groups is 1. The predicted octanol–water partition coefficient (Wildman–Crippen LogP) is -0.776. The van der Waals surface area contributed by atoms with Gasteiger partial charge in [0.1, 0.15) is 6.61 Å². The number of carbonyl (C=O) groups excluding carboxylic acids is 2. The van der Waals surface area contributed by atoms with E-state index in [1.165, 1.54) is 0 Å². The highest BCUT2D eigenvalue weighted by atomic mass is 31.2. The molecule has 144 valence electrons. The molecule has 0 bridgehead atoms. The lowest BCUT2D eigenvalue weighted by Gasteiger charge is -2.16. The van der Waals surface area contributed by atoms with Gasteiger partial charge in [0.25, 0.3) is 0 Å². The maximum atomic E-state index is 11.5. The number of ether oxygens (including phenoxy) is 2. The Hall–Kier alpha value is -4.03. The van der Waals surface area contributed by atoms with Crippen LogP contribution >= 0.6 is 7.82 Å². The summed E-state index contributed by atoms with van der Waals surface area (Å²) in [4.78, 5) is 40.2. The smallest absolute Gasteiger partial charge is 0.452 e. The molecule has 0 aliphatic heterocycles. The molecule has 0 aromatic heterocycles. The van der Waals surface area contributed by atoms with Crippen molar-refractivity contribution in [3.63, 3.8) is 0 Å². The number of terminal acetylenes is 1. The molecule has 0 spiro atoms.